The average Bonchev–Trinajstić information content (AvgIpc) is 2.30. The first-order valence-electron chi connectivity index (χ1n) is 4.96. The van der Waals surface area contributed by atoms with Gasteiger partial charge in [0.05, 0.1) is 7.11 Å². The Morgan fingerprint density at radius 1 is 1.27 bits per heavy atom. The predicted molar refractivity (Wildman–Crippen MR) is 61.1 cm³/mol. The second-order valence-corrected chi connectivity index (χ2v) is 3.39. The van der Waals surface area contributed by atoms with E-state index >= 15 is 0 Å². The van der Waals surface area contributed by atoms with Gasteiger partial charge in [-0.05, 0) is 36.0 Å². The van der Waals surface area contributed by atoms with Crippen molar-refractivity contribution in [2.75, 3.05) is 13.7 Å². The Bertz CT molecular complexity index is 468. The summed E-state index contributed by atoms with van der Waals surface area (Å²) in [7, 11) is 1.67. The van der Waals surface area contributed by atoms with Crippen LogP contribution in [0.15, 0.2) is 30.6 Å². The molecule has 3 heteroatoms. The highest BCUT2D eigenvalue weighted by atomic mass is 16.5. The monoisotopic (exact) mass is 202 g/mol. The van der Waals surface area contributed by atoms with Gasteiger partial charge in [0.2, 0.25) is 0 Å². The molecule has 78 valence electrons. The number of fused-ring (bicyclic) bond motifs is 1. The van der Waals surface area contributed by atoms with Gasteiger partial charge in [0.25, 0.3) is 0 Å². The van der Waals surface area contributed by atoms with Gasteiger partial charge < -0.3 is 10.5 Å². The van der Waals surface area contributed by atoms with Gasteiger partial charge >= 0.3 is 0 Å². The highest BCUT2D eigenvalue weighted by Gasteiger charge is 2.05. The zero-order valence-corrected chi connectivity index (χ0v) is 8.73. The van der Waals surface area contributed by atoms with E-state index in [0.29, 0.717) is 6.54 Å². The predicted octanol–water partition coefficient (Wildman–Crippen LogP) is 1.74. The van der Waals surface area contributed by atoms with E-state index in [1.807, 2.05) is 18.3 Å². The zero-order valence-electron chi connectivity index (χ0n) is 8.73. The standard InChI is InChI=1S/C12H14N2O/c1-15-12-3-2-9(4-6-13)10-5-7-14-8-11(10)12/h2-3,5,7-8H,4,6,13H2,1H3. The minimum Gasteiger partial charge on any atom is -0.496 e. The fourth-order valence-electron chi connectivity index (χ4n) is 1.78. The third-order valence-corrected chi connectivity index (χ3v) is 2.50. The first kappa shape index (κ1) is 9.93. The normalized spacial score (nSPS) is 10.5. The van der Waals surface area contributed by atoms with Crippen molar-refractivity contribution in [3.05, 3.63) is 36.2 Å². The lowest BCUT2D eigenvalue weighted by Crippen LogP contribution is -2.03. The molecule has 0 spiro atoms. The highest BCUT2D eigenvalue weighted by Crippen LogP contribution is 2.27. The second kappa shape index (κ2) is 4.28. The molecule has 0 saturated heterocycles. The zero-order chi connectivity index (χ0) is 10.7. The third kappa shape index (κ3) is 1.78. The molecule has 0 aliphatic heterocycles. The SMILES string of the molecule is COc1ccc(CCN)c2ccncc12. The fraction of sp³-hybridized carbons (Fsp3) is 0.250. The number of aromatic nitrogens is 1. The number of hydrogen-bond acceptors (Lipinski definition) is 3. The smallest absolute Gasteiger partial charge is 0.128 e. The van der Waals surface area contributed by atoms with Crippen LogP contribution in [0.3, 0.4) is 0 Å². The van der Waals surface area contributed by atoms with Gasteiger partial charge in [-0.3, -0.25) is 4.98 Å². The molecule has 2 N–H and O–H groups in total. The molecule has 2 aromatic rings. The molecule has 0 atom stereocenters. The summed E-state index contributed by atoms with van der Waals surface area (Å²) in [6, 6.07) is 6.03. The van der Waals surface area contributed by atoms with E-state index in [-0.39, 0.29) is 0 Å². The Labute approximate surface area is 88.9 Å². The number of methoxy groups -OCH3 is 1. The van der Waals surface area contributed by atoms with Crippen LogP contribution in [-0.2, 0) is 6.42 Å². The van der Waals surface area contributed by atoms with Crippen LogP contribution >= 0.6 is 0 Å². The number of nitrogens with two attached hydrogens (primary N) is 1. The summed E-state index contributed by atoms with van der Waals surface area (Å²) in [4.78, 5) is 4.11. The van der Waals surface area contributed by atoms with Crippen LogP contribution in [0.1, 0.15) is 5.56 Å². The fourth-order valence-corrected chi connectivity index (χ4v) is 1.78. The average molecular weight is 202 g/mol. The van der Waals surface area contributed by atoms with Crippen molar-refractivity contribution in [2.45, 2.75) is 6.42 Å². The number of benzene rings is 1. The molecule has 0 bridgehead atoms. The van der Waals surface area contributed by atoms with Gasteiger partial charge in [-0.1, -0.05) is 6.07 Å². The molecule has 0 unspecified atom stereocenters. The topological polar surface area (TPSA) is 48.1 Å². The third-order valence-electron chi connectivity index (χ3n) is 2.50. The van der Waals surface area contributed by atoms with Crippen LogP contribution in [0.2, 0.25) is 0 Å². The second-order valence-electron chi connectivity index (χ2n) is 3.39. The molecule has 0 aliphatic carbocycles. The largest absolute Gasteiger partial charge is 0.496 e. The molecule has 1 heterocycles. The molecule has 1 aromatic carbocycles. The minimum atomic E-state index is 0.656. The minimum absolute atomic E-state index is 0.656. The lowest BCUT2D eigenvalue weighted by molar-refractivity contribution is 0.419. The maximum absolute atomic E-state index is 5.58. The number of pyridine rings is 1. The first-order valence-corrected chi connectivity index (χ1v) is 4.96. The lowest BCUT2D eigenvalue weighted by Gasteiger charge is -2.08. The van der Waals surface area contributed by atoms with Gasteiger partial charge in [0.15, 0.2) is 0 Å². The Hall–Kier alpha value is -1.61. The molecule has 2 rings (SSSR count). The molecule has 0 amide bonds. The number of nitrogens with zero attached hydrogens (tertiary/aromatic N) is 1. The van der Waals surface area contributed by atoms with Crippen molar-refractivity contribution in [2.24, 2.45) is 5.73 Å². The summed E-state index contributed by atoms with van der Waals surface area (Å²) in [6.45, 7) is 0.656. The molecular weight excluding hydrogens is 188 g/mol. The van der Waals surface area contributed by atoms with E-state index in [0.717, 1.165) is 17.6 Å². The molecule has 3 nitrogen and oxygen atoms in total. The van der Waals surface area contributed by atoms with Crippen molar-refractivity contribution in [3.63, 3.8) is 0 Å². The van der Waals surface area contributed by atoms with Crippen LogP contribution in [-0.4, -0.2) is 18.6 Å². The van der Waals surface area contributed by atoms with Crippen LogP contribution in [0.4, 0.5) is 0 Å². The van der Waals surface area contributed by atoms with Crippen LogP contribution in [0.5, 0.6) is 5.75 Å². The molecule has 0 aliphatic rings. The van der Waals surface area contributed by atoms with Gasteiger partial charge in [-0.25, -0.2) is 0 Å². The summed E-state index contributed by atoms with van der Waals surface area (Å²) < 4.78 is 5.29. The molecule has 0 fully saturated rings. The van der Waals surface area contributed by atoms with E-state index < -0.39 is 0 Å². The molecule has 0 radical (unpaired) electrons. The Morgan fingerprint density at radius 3 is 2.87 bits per heavy atom. The van der Waals surface area contributed by atoms with E-state index in [2.05, 4.69) is 11.1 Å². The van der Waals surface area contributed by atoms with Crippen molar-refractivity contribution < 1.29 is 4.74 Å². The summed E-state index contributed by atoms with van der Waals surface area (Å²) >= 11 is 0. The van der Waals surface area contributed by atoms with Gasteiger partial charge in [0.1, 0.15) is 5.75 Å². The first-order chi connectivity index (χ1) is 7.36. The Morgan fingerprint density at radius 2 is 2.13 bits per heavy atom. The van der Waals surface area contributed by atoms with E-state index in [9.17, 15) is 0 Å². The molecule has 1 aromatic heterocycles. The van der Waals surface area contributed by atoms with Gasteiger partial charge in [-0.2, -0.15) is 0 Å². The molecule has 15 heavy (non-hydrogen) atoms. The Balaban J connectivity index is 2.66. The number of hydrogen-bond donors (Lipinski definition) is 1. The maximum Gasteiger partial charge on any atom is 0.128 e. The van der Waals surface area contributed by atoms with Crippen molar-refractivity contribution in [3.8, 4) is 5.75 Å². The van der Waals surface area contributed by atoms with Crippen LogP contribution in [0.25, 0.3) is 10.8 Å². The molecule has 0 saturated carbocycles. The number of ether oxygens (including phenoxy) is 1. The summed E-state index contributed by atoms with van der Waals surface area (Å²) in [6.07, 6.45) is 4.50. The van der Waals surface area contributed by atoms with Crippen molar-refractivity contribution >= 4 is 10.8 Å². The number of rotatable bonds is 3. The summed E-state index contributed by atoms with van der Waals surface area (Å²) in [5.74, 6) is 0.860. The summed E-state index contributed by atoms with van der Waals surface area (Å²) in [5, 5.41) is 2.22. The van der Waals surface area contributed by atoms with E-state index in [1.165, 1.54) is 10.9 Å². The van der Waals surface area contributed by atoms with Crippen LogP contribution in [0, 0.1) is 0 Å². The highest BCUT2D eigenvalue weighted by molar-refractivity contribution is 5.90. The molecular formula is C12H14N2O. The van der Waals surface area contributed by atoms with E-state index in [1.54, 1.807) is 13.3 Å². The van der Waals surface area contributed by atoms with Crippen molar-refractivity contribution in [1.29, 1.82) is 0 Å². The van der Waals surface area contributed by atoms with Crippen molar-refractivity contribution in [1.82, 2.24) is 4.98 Å². The summed E-state index contributed by atoms with van der Waals surface area (Å²) in [5.41, 5.74) is 6.82. The lowest BCUT2D eigenvalue weighted by atomic mass is 10.0. The Kier molecular flexibility index (Phi) is 2.83. The van der Waals surface area contributed by atoms with E-state index in [4.69, 9.17) is 10.5 Å². The quantitative estimate of drug-likeness (QED) is 0.824. The van der Waals surface area contributed by atoms with Gasteiger partial charge in [0, 0.05) is 17.8 Å². The van der Waals surface area contributed by atoms with Crippen LogP contribution < -0.4 is 10.5 Å². The van der Waals surface area contributed by atoms with Gasteiger partial charge in [-0.15, -0.1) is 0 Å². The maximum atomic E-state index is 5.58.